The topological polar surface area (TPSA) is 46.5 Å². The predicted octanol–water partition coefficient (Wildman–Crippen LogP) is 3.05. The number of esters is 1. The third kappa shape index (κ3) is 11.5. The molecule has 0 bridgehead atoms. The molecule has 0 unspecified atom stereocenters. The van der Waals surface area contributed by atoms with Gasteiger partial charge in [0.1, 0.15) is 6.61 Å². The minimum absolute atomic E-state index is 0.454. The quantitative estimate of drug-likeness (QED) is 0.438. The molecule has 0 aromatic carbocycles. The maximum Gasteiger partial charge on any atom is 0.331 e. The van der Waals surface area contributed by atoms with E-state index in [0.29, 0.717) is 6.61 Å². The number of carbonyl (C=O) groups excluding carboxylic acids is 1. The number of hydrogen-bond donors (Lipinski definition) is 1. The van der Waals surface area contributed by atoms with E-state index in [1.165, 1.54) is 44.9 Å². The molecule has 0 amide bonds. The van der Waals surface area contributed by atoms with Crippen LogP contribution in [-0.4, -0.2) is 24.3 Å². The van der Waals surface area contributed by atoms with Gasteiger partial charge >= 0.3 is 5.97 Å². The van der Waals surface area contributed by atoms with Crippen LogP contribution in [0.5, 0.6) is 0 Å². The predicted molar refractivity (Wildman–Crippen MR) is 65.3 cm³/mol. The zero-order valence-corrected chi connectivity index (χ0v) is 10.5. The Morgan fingerprint density at radius 3 is 1.94 bits per heavy atom. The lowest BCUT2D eigenvalue weighted by atomic mass is 10.1. The maximum absolute atomic E-state index is 10.6. The molecule has 0 saturated carbocycles. The normalized spacial score (nSPS) is 10.4. The summed E-state index contributed by atoms with van der Waals surface area (Å²) in [5.41, 5.74) is 0. The first-order valence-electron chi connectivity index (χ1n) is 6.57. The van der Waals surface area contributed by atoms with Gasteiger partial charge in [0.2, 0.25) is 0 Å². The zero-order chi connectivity index (χ0) is 12.1. The molecular formula is C13H26O3. The lowest BCUT2D eigenvalue weighted by Gasteiger charge is -2.03. The van der Waals surface area contributed by atoms with Gasteiger partial charge in [-0.25, -0.2) is 4.79 Å². The van der Waals surface area contributed by atoms with Crippen molar-refractivity contribution in [3.63, 3.8) is 0 Å². The molecule has 16 heavy (non-hydrogen) atoms. The van der Waals surface area contributed by atoms with Crippen LogP contribution in [0.15, 0.2) is 0 Å². The Kier molecular flexibility index (Phi) is 12.1. The Bertz CT molecular complexity index is 157. The number of carbonyl (C=O) groups is 1. The lowest BCUT2D eigenvalue weighted by molar-refractivity contribution is -0.147. The Hall–Kier alpha value is -0.570. The van der Waals surface area contributed by atoms with Crippen molar-refractivity contribution in [2.75, 3.05) is 13.2 Å². The number of aliphatic hydroxyl groups excluding tert-OH is 1. The molecule has 0 rings (SSSR count). The average Bonchev–Trinajstić information content (AvgIpc) is 2.31. The summed E-state index contributed by atoms with van der Waals surface area (Å²) in [6.07, 6.45) is 11.3. The molecule has 0 aliphatic carbocycles. The van der Waals surface area contributed by atoms with Crippen LogP contribution < -0.4 is 0 Å². The van der Waals surface area contributed by atoms with Crippen LogP contribution in [-0.2, 0) is 9.53 Å². The van der Waals surface area contributed by atoms with E-state index in [1.807, 2.05) is 0 Å². The molecule has 0 saturated heterocycles. The molecular weight excluding hydrogens is 204 g/mol. The number of ether oxygens (including phenoxy) is 1. The molecule has 3 nitrogen and oxygen atoms in total. The van der Waals surface area contributed by atoms with E-state index in [0.717, 1.165) is 12.8 Å². The molecule has 0 aliphatic rings. The van der Waals surface area contributed by atoms with Crippen LogP contribution in [0.25, 0.3) is 0 Å². The molecule has 0 aromatic rings. The molecule has 0 atom stereocenters. The van der Waals surface area contributed by atoms with Crippen LogP contribution >= 0.6 is 0 Å². The fourth-order valence-electron chi connectivity index (χ4n) is 1.64. The molecule has 0 radical (unpaired) electrons. The van der Waals surface area contributed by atoms with Crippen molar-refractivity contribution >= 4 is 5.97 Å². The summed E-state index contributed by atoms with van der Waals surface area (Å²) in [4.78, 5) is 10.6. The summed E-state index contributed by atoms with van der Waals surface area (Å²) in [6.45, 7) is 2.18. The molecule has 0 heterocycles. The van der Waals surface area contributed by atoms with Gasteiger partial charge in [-0.05, 0) is 6.42 Å². The van der Waals surface area contributed by atoms with Crippen LogP contribution in [0.1, 0.15) is 64.7 Å². The first kappa shape index (κ1) is 15.4. The minimum Gasteiger partial charge on any atom is -0.464 e. The fourth-order valence-corrected chi connectivity index (χ4v) is 1.64. The van der Waals surface area contributed by atoms with Crippen molar-refractivity contribution in [1.29, 1.82) is 0 Å². The van der Waals surface area contributed by atoms with Crippen molar-refractivity contribution in [3.8, 4) is 0 Å². The second-order valence-corrected chi connectivity index (χ2v) is 4.21. The van der Waals surface area contributed by atoms with E-state index >= 15 is 0 Å². The Morgan fingerprint density at radius 2 is 1.44 bits per heavy atom. The van der Waals surface area contributed by atoms with E-state index in [1.54, 1.807) is 0 Å². The summed E-state index contributed by atoms with van der Waals surface area (Å²) < 4.78 is 4.76. The van der Waals surface area contributed by atoms with Crippen LogP contribution in [0.4, 0.5) is 0 Å². The molecule has 0 fully saturated rings. The first-order chi connectivity index (χ1) is 7.81. The molecule has 1 N–H and O–H groups in total. The Morgan fingerprint density at radius 1 is 0.938 bits per heavy atom. The largest absolute Gasteiger partial charge is 0.464 e. The van der Waals surface area contributed by atoms with Crippen molar-refractivity contribution < 1.29 is 14.6 Å². The van der Waals surface area contributed by atoms with Gasteiger partial charge in [-0.1, -0.05) is 58.3 Å². The molecule has 0 spiro atoms. The highest BCUT2D eigenvalue weighted by Gasteiger charge is 1.98. The molecule has 96 valence electrons. The smallest absolute Gasteiger partial charge is 0.331 e. The Balaban J connectivity index is 2.96. The monoisotopic (exact) mass is 230 g/mol. The third-order valence-corrected chi connectivity index (χ3v) is 2.64. The van der Waals surface area contributed by atoms with Gasteiger partial charge in [-0.15, -0.1) is 0 Å². The van der Waals surface area contributed by atoms with E-state index < -0.39 is 12.6 Å². The summed E-state index contributed by atoms with van der Waals surface area (Å²) in [5, 5.41) is 8.40. The fraction of sp³-hybridized carbons (Fsp3) is 0.923. The Labute approximate surface area is 99.2 Å². The van der Waals surface area contributed by atoms with Gasteiger partial charge < -0.3 is 9.84 Å². The van der Waals surface area contributed by atoms with E-state index in [-0.39, 0.29) is 0 Å². The van der Waals surface area contributed by atoms with Gasteiger partial charge in [0.25, 0.3) is 0 Å². The SMILES string of the molecule is CCCCCCCCCCCOC(=O)CO. The molecule has 3 heteroatoms. The maximum atomic E-state index is 10.6. The summed E-state index contributed by atoms with van der Waals surface area (Å²) in [5.74, 6) is -0.514. The number of hydrogen-bond acceptors (Lipinski definition) is 3. The van der Waals surface area contributed by atoms with E-state index in [4.69, 9.17) is 9.84 Å². The summed E-state index contributed by atoms with van der Waals surface area (Å²) in [7, 11) is 0. The third-order valence-electron chi connectivity index (χ3n) is 2.64. The van der Waals surface area contributed by atoms with Gasteiger partial charge in [0.05, 0.1) is 6.61 Å². The highest BCUT2D eigenvalue weighted by Crippen LogP contribution is 2.09. The van der Waals surface area contributed by atoms with E-state index in [9.17, 15) is 4.79 Å². The minimum atomic E-state index is -0.514. The summed E-state index contributed by atoms with van der Waals surface area (Å²) in [6, 6.07) is 0. The first-order valence-corrected chi connectivity index (χ1v) is 6.57. The number of aliphatic hydroxyl groups is 1. The van der Waals surface area contributed by atoms with Crippen LogP contribution in [0, 0.1) is 0 Å². The van der Waals surface area contributed by atoms with Gasteiger partial charge in [0, 0.05) is 0 Å². The van der Waals surface area contributed by atoms with Crippen molar-refractivity contribution in [1.82, 2.24) is 0 Å². The summed E-state index contributed by atoms with van der Waals surface area (Å²) >= 11 is 0. The molecule has 0 aliphatic heterocycles. The van der Waals surface area contributed by atoms with E-state index in [2.05, 4.69) is 6.92 Å². The van der Waals surface area contributed by atoms with Gasteiger partial charge in [0.15, 0.2) is 0 Å². The highest BCUT2D eigenvalue weighted by molar-refractivity contribution is 5.70. The zero-order valence-electron chi connectivity index (χ0n) is 10.5. The lowest BCUT2D eigenvalue weighted by Crippen LogP contribution is -2.09. The second-order valence-electron chi connectivity index (χ2n) is 4.21. The van der Waals surface area contributed by atoms with Crippen molar-refractivity contribution in [3.05, 3.63) is 0 Å². The number of unbranched alkanes of at least 4 members (excludes halogenated alkanes) is 8. The number of rotatable bonds is 11. The standard InChI is InChI=1S/C13H26O3/c1-2-3-4-5-6-7-8-9-10-11-16-13(15)12-14/h14H,2-12H2,1H3. The average molecular weight is 230 g/mol. The van der Waals surface area contributed by atoms with Crippen molar-refractivity contribution in [2.45, 2.75) is 64.7 Å². The second kappa shape index (κ2) is 12.5. The molecule has 0 aromatic heterocycles. The highest BCUT2D eigenvalue weighted by atomic mass is 16.5. The van der Waals surface area contributed by atoms with Crippen LogP contribution in [0.2, 0.25) is 0 Å². The van der Waals surface area contributed by atoms with Gasteiger partial charge in [-0.2, -0.15) is 0 Å². The van der Waals surface area contributed by atoms with Crippen molar-refractivity contribution in [2.24, 2.45) is 0 Å². The van der Waals surface area contributed by atoms with Gasteiger partial charge in [-0.3, -0.25) is 0 Å². The van der Waals surface area contributed by atoms with Crippen LogP contribution in [0.3, 0.4) is 0 Å².